The normalized spacial score (nSPS) is 18.7. The van der Waals surface area contributed by atoms with E-state index in [1.807, 2.05) is 37.3 Å². The largest absolute Gasteiger partial charge is 0.346 e. The van der Waals surface area contributed by atoms with Crippen molar-refractivity contribution < 1.29 is 9.59 Å². The molecule has 0 aliphatic heterocycles. The summed E-state index contributed by atoms with van der Waals surface area (Å²) < 4.78 is 2.10. The molecule has 0 saturated heterocycles. The van der Waals surface area contributed by atoms with E-state index in [0.29, 0.717) is 24.5 Å². The third-order valence-electron chi connectivity index (χ3n) is 5.85. The zero-order valence-corrected chi connectivity index (χ0v) is 16.2. The Morgan fingerprint density at radius 2 is 1.96 bits per heavy atom. The highest BCUT2D eigenvalue weighted by atomic mass is 16.2. The molecule has 6 heteroatoms. The highest BCUT2D eigenvalue weighted by molar-refractivity contribution is 6.10. The van der Waals surface area contributed by atoms with Gasteiger partial charge in [-0.3, -0.25) is 9.59 Å². The van der Waals surface area contributed by atoms with E-state index in [4.69, 9.17) is 0 Å². The van der Waals surface area contributed by atoms with Crippen LogP contribution in [-0.4, -0.2) is 26.5 Å². The molecule has 1 fully saturated rings. The number of carbonyl (C=O) groups is 2. The summed E-state index contributed by atoms with van der Waals surface area (Å²) in [6, 6.07) is 10.1. The molecule has 2 aliphatic carbocycles. The van der Waals surface area contributed by atoms with Gasteiger partial charge in [-0.05, 0) is 37.3 Å². The molecule has 1 unspecified atom stereocenters. The lowest BCUT2D eigenvalue weighted by Gasteiger charge is -2.19. The van der Waals surface area contributed by atoms with Crippen molar-refractivity contribution in [1.82, 2.24) is 20.1 Å². The van der Waals surface area contributed by atoms with Crippen LogP contribution in [0.1, 0.15) is 75.3 Å². The van der Waals surface area contributed by atoms with Gasteiger partial charge in [0.2, 0.25) is 5.91 Å². The second-order valence-corrected chi connectivity index (χ2v) is 7.75. The standard InChI is InChI=1S/C22H26N4O2/c1-15(22-25-23-14-26(22)17-9-5-6-10-17)24-21(28)13-19-18(11-12-20(19)27)16-7-3-2-4-8-16/h2-4,7-8,14-15,17H,5-6,9-13H2,1H3,(H,24,28). The molecule has 2 aliphatic rings. The third-order valence-corrected chi connectivity index (χ3v) is 5.85. The van der Waals surface area contributed by atoms with Crippen molar-refractivity contribution in [3.63, 3.8) is 0 Å². The maximum atomic E-state index is 12.7. The first-order chi connectivity index (χ1) is 13.6. The molecule has 0 spiro atoms. The number of benzene rings is 1. The number of allylic oxidation sites excluding steroid dienone is 1. The molecule has 1 amide bonds. The molecule has 0 bridgehead atoms. The first-order valence-corrected chi connectivity index (χ1v) is 10.1. The Kier molecular flexibility index (Phi) is 5.37. The maximum absolute atomic E-state index is 12.7. The van der Waals surface area contributed by atoms with E-state index in [0.717, 1.165) is 29.8 Å². The van der Waals surface area contributed by atoms with E-state index < -0.39 is 0 Å². The molecule has 2 aromatic rings. The summed E-state index contributed by atoms with van der Waals surface area (Å²) in [4.78, 5) is 25.1. The number of Topliss-reactive ketones (excluding diaryl/α,β-unsaturated/α-hetero) is 1. The van der Waals surface area contributed by atoms with Crippen molar-refractivity contribution >= 4 is 17.3 Å². The van der Waals surface area contributed by atoms with Crippen LogP contribution in [0.2, 0.25) is 0 Å². The SMILES string of the molecule is CC(NC(=O)CC1=C(c2ccccc2)CCC1=O)c1nncn1C1CCCC1. The Bertz CT molecular complexity index is 894. The highest BCUT2D eigenvalue weighted by Gasteiger charge is 2.27. The van der Waals surface area contributed by atoms with Crippen LogP contribution in [-0.2, 0) is 9.59 Å². The Balaban J connectivity index is 1.47. The first-order valence-electron chi connectivity index (χ1n) is 10.1. The van der Waals surface area contributed by atoms with Crippen LogP contribution in [0.15, 0.2) is 42.2 Å². The Labute approximate surface area is 165 Å². The predicted octanol–water partition coefficient (Wildman–Crippen LogP) is 3.78. The molecule has 1 saturated carbocycles. The number of rotatable bonds is 6. The topological polar surface area (TPSA) is 76.9 Å². The number of nitrogens with zero attached hydrogens (tertiary/aromatic N) is 3. The van der Waals surface area contributed by atoms with Crippen molar-refractivity contribution in [2.24, 2.45) is 0 Å². The minimum atomic E-state index is -0.243. The summed E-state index contributed by atoms with van der Waals surface area (Å²) in [6.45, 7) is 1.93. The molecule has 4 rings (SSSR count). The lowest BCUT2D eigenvalue weighted by Crippen LogP contribution is -2.29. The van der Waals surface area contributed by atoms with Crippen LogP contribution in [0.25, 0.3) is 5.57 Å². The summed E-state index contributed by atoms with van der Waals surface area (Å²) in [5, 5.41) is 11.3. The molecule has 6 nitrogen and oxygen atoms in total. The van der Waals surface area contributed by atoms with Crippen LogP contribution < -0.4 is 5.32 Å². The van der Waals surface area contributed by atoms with E-state index in [1.54, 1.807) is 6.33 Å². The van der Waals surface area contributed by atoms with E-state index in [9.17, 15) is 9.59 Å². The van der Waals surface area contributed by atoms with Crippen molar-refractivity contribution in [2.45, 2.75) is 64.0 Å². The summed E-state index contributed by atoms with van der Waals surface area (Å²) in [5.74, 6) is 0.721. The smallest absolute Gasteiger partial charge is 0.225 e. The van der Waals surface area contributed by atoms with Gasteiger partial charge in [0.1, 0.15) is 6.33 Å². The van der Waals surface area contributed by atoms with Gasteiger partial charge in [0.25, 0.3) is 0 Å². The fourth-order valence-electron chi connectivity index (χ4n) is 4.41. The van der Waals surface area contributed by atoms with Gasteiger partial charge >= 0.3 is 0 Å². The zero-order valence-electron chi connectivity index (χ0n) is 16.2. The average molecular weight is 378 g/mol. The second kappa shape index (κ2) is 8.09. The quantitative estimate of drug-likeness (QED) is 0.830. The molecule has 1 heterocycles. The number of nitrogens with one attached hydrogen (secondary N) is 1. The predicted molar refractivity (Wildman–Crippen MR) is 106 cm³/mol. The lowest BCUT2D eigenvalue weighted by molar-refractivity contribution is -0.123. The lowest BCUT2D eigenvalue weighted by atomic mass is 10.00. The van der Waals surface area contributed by atoms with Gasteiger partial charge in [0.05, 0.1) is 12.5 Å². The number of amides is 1. The Morgan fingerprint density at radius 3 is 2.71 bits per heavy atom. The Morgan fingerprint density at radius 1 is 1.21 bits per heavy atom. The third kappa shape index (κ3) is 3.77. The van der Waals surface area contributed by atoms with Gasteiger partial charge in [0, 0.05) is 18.0 Å². The van der Waals surface area contributed by atoms with Crippen LogP contribution in [0.3, 0.4) is 0 Å². The second-order valence-electron chi connectivity index (χ2n) is 7.75. The zero-order chi connectivity index (χ0) is 19.5. The van der Waals surface area contributed by atoms with Crippen LogP contribution in [0, 0.1) is 0 Å². The minimum Gasteiger partial charge on any atom is -0.346 e. The summed E-state index contributed by atoms with van der Waals surface area (Å²) >= 11 is 0. The van der Waals surface area contributed by atoms with Crippen molar-refractivity contribution in [3.05, 3.63) is 53.6 Å². The fraction of sp³-hybridized carbons (Fsp3) is 0.455. The Hall–Kier alpha value is -2.76. The van der Waals surface area contributed by atoms with Gasteiger partial charge in [-0.15, -0.1) is 10.2 Å². The molecule has 0 radical (unpaired) electrons. The van der Waals surface area contributed by atoms with Gasteiger partial charge in [0.15, 0.2) is 11.6 Å². The molecule has 1 aromatic carbocycles. The van der Waals surface area contributed by atoms with Gasteiger partial charge in [-0.1, -0.05) is 43.2 Å². The summed E-state index contributed by atoms with van der Waals surface area (Å²) in [6.07, 6.45) is 7.79. The molecular weight excluding hydrogens is 352 g/mol. The number of carbonyl (C=O) groups excluding carboxylic acids is 2. The van der Waals surface area contributed by atoms with Crippen LogP contribution >= 0.6 is 0 Å². The average Bonchev–Trinajstić information content (AvgIpc) is 3.43. The van der Waals surface area contributed by atoms with Crippen molar-refractivity contribution in [1.29, 1.82) is 0 Å². The monoisotopic (exact) mass is 378 g/mol. The van der Waals surface area contributed by atoms with Gasteiger partial charge in [-0.25, -0.2) is 0 Å². The number of ketones is 1. The minimum absolute atomic E-state index is 0.0794. The molecule has 1 N–H and O–H groups in total. The molecule has 28 heavy (non-hydrogen) atoms. The summed E-state index contributed by atoms with van der Waals surface area (Å²) in [5.41, 5.74) is 2.68. The van der Waals surface area contributed by atoms with Crippen molar-refractivity contribution in [2.75, 3.05) is 0 Å². The number of hydrogen-bond donors (Lipinski definition) is 1. The van der Waals surface area contributed by atoms with Crippen LogP contribution in [0.5, 0.6) is 0 Å². The molecule has 1 atom stereocenters. The fourth-order valence-corrected chi connectivity index (χ4v) is 4.41. The highest BCUT2D eigenvalue weighted by Crippen LogP contribution is 2.34. The van der Waals surface area contributed by atoms with E-state index in [1.165, 1.54) is 12.8 Å². The molecular formula is C22H26N4O2. The first kappa shape index (κ1) is 18.6. The summed E-state index contributed by atoms with van der Waals surface area (Å²) in [7, 11) is 0. The van der Waals surface area contributed by atoms with E-state index in [-0.39, 0.29) is 24.2 Å². The van der Waals surface area contributed by atoms with Gasteiger partial charge in [-0.2, -0.15) is 0 Å². The van der Waals surface area contributed by atoms with E-state index >= 15 is 0 Å². The van der Waals surface area contributed by atoms with E-state index in [2.05, 4.69) is 20.1 Å². The number of aromatic nitrogens is 3. The molecule has 146 valence electrons. The van der Waals surface area contributed by atoms with Crippen LogP contribution in [0.4, 0.5) is 0 Å². The number of hydrogen-bond acceptors (Lipinski definition) is 4. The maximum Gasteiger partial charge on any atom is 0.225 e. The van der Waals surface area contributed by atoms with Crippen molar-refractivity contribution in [3.8, 4) is 0 Å². The van der Waals surface area contributed by atoms with Gasteiger partial charge < -0.3 is 9.88 Å². The molecule has 1 aromatic heterocycles.